The number of imidazole rings is 1. The molecule has 9 nitrogen and oxygen atoms in total. The highest BCUT2D eigenvalue weighted by molar-refractivity contribution is 7.78. The molecule has 0 aliphatic carbocycles. The van der Waals surface area contributed by atoms with E-state index in [1.54, 1.807) is 0 Å². The van der Waals surface area contributed by atoms with Crippen LogP contribution in [0, 0.1) is 0 Å². The van der Waals surface area contributed by atoms with E-state index in [1.807, 2.05) is 0 Å². The van der Waals surface area contributed by atoms with Crippen LogP contribution in [0.2, 0.25) is 0 Å². The summed E-state index contributed by atoms with van der Waals surface area (Å²) in [5, 5.41) is 0. The van der Waals surface area contributed by atoms with E-state index in [4.69, 9.17) is 24.5 Å². The van der Waals surface area contributed by atoms with Gasteiger partial charge in [0.25, 0.3) is 0 Å². The van der Waals surface area contributed by atoms with Gasteiger partial charge in [-0.2, -0.15) is 14.7 Å². The second kappa shape index (κ2) is 4.31. The molecule has 0 saturated heterocycles. The molecule has 1 aromatic rings. The Morgan fingerprint density at radius 2 is 1.94 bits per heavy atom. The summed E-state index contributed by atoms with van der Waals surface area (Å²) < 4.78 is 11.7. The van der Waals surface area contributed by atoms with E-state index >= 15 is 0 Å². The van der Waals surface area contributed by atoms with Gasteiger partial charge in [-0.25, -0.2) is 9.78 Å². The first-order chi connectivity index (χ1) is 7.14. The summed E-state index contributed by atoms with van der Waals surface area (Å²) >= 11 is 0. The zero-order valence-corrected chi connectivity index (χ0v) is 9.44. The third kappa shape index (κ3) is 2.93. The molecule has 0 radical (unpaired) electrons. The minimum absolute atomic E-state index is 0.695. The van der Waals surface area contributed by atoms with Gasteiger partial charge in [-0.15, -0.1) is 0 Å². The second-order valence-corrected chi connectivity index (χ2v) is 6.12. The van der Waals surface area contributed by atoms with Gasteiger partial charge in [0, 0.05) is 12.4 Å². The predicted molar refractivity (Wildman–Crippen MR) is 51.9 cm³/mol. The molecule has 1 rings (SSSR count). The van der Waals surface area contributed by atoms with Crippen molar-refractivity contribution in [2.45, 2.75) is 5.78 Å². The lowest BCUT2D eigenvalue weighted by molar-refractivity contribution is -0.115. The van der Waals surface area contributed by atoms with Gasteiger partial charge in [0.15, 0.2) is 0 Å². The molecule has 0 aromatic carbocycles. The van der Waals surface area contributed by atoms with Gasteiger partial charge < -0.3 is 14.4 Å². The largest absolute Gasteiger partial charge is 0.481 e. The van der Waals surface area contributed by atoms with E-state index < -0.39 is 26.8 Å². The first-order valence-electron chi connectivity index (χ1n) is 3.78. The summed E-state index contributed by atoms with van der Waals surface area (Å²) in [7, 11) is -9.98. The Labute approximate surface area is 89.7 Å². The zero-order chi connectivity index (χ0) is 12.6. The molecular formula is C5H9N2O7P2+. The van der Waals surface area contributed by atoms with Gasteiger partial charge in [0.2, 0.25) is 5.78 Å². The first-order valence-corrected chi connectivity index (χ1v) is 7.11. The number of hydrogen-bond donors (Lipinski definition) is 5. The number of carbonyl (C=O) groups excluding carboxylic acids is 1. The maximum atomic E-state index is 11.3. The van der Waals surface area contributed by atoms with E-state index in [9.17, 15) is 9.36 Å². The summed E-state index contributed by atoms with van der Waals surface area (Å²) in [6.45, 7) is 0. The molecule has 1 unspecified atom stereocenters. The van der Waals surface area contributed by atoms with Crippen molar-refractivity contribution < 1.29 is 33.8 Å². The standard InChI is InChI=1S/C5H8N2O7P2/c8-5(16(12,13)14)4(15(9,10)11)7-2-1-6-3-7/h1-4,12-14H,(H-,9,10,11)/p+1. The second-order valence-electron chi connectivity index (χ2n) is 2.88. The zero-order valence-electron chi connectivity index (χ0n) is 7.65. The van der Waals surface area contributed by atoms with Crippen LogP contribution in [-0.4, -0.2) is 39.5 Å². The minimum atomic E-state index is -5.00. The molecule has 0 bridgehead atoms. The number of rotatable bonds is 4. The summed E-state index contributed by atoms with van der Waals surface area (Å²) in [5.41, 5.74) is -1.74. The Bertz CT molecular complexity index is 418. The van der Waals surface area contributed by atoms with Gasteiger partial charge in [-0.1, -0.05) is 0 Å². The SMILES string of the molecule is O=C(C(n1ccnc1)P(=O)(O)O)[P+](O)(O)O. The van der Waals surface area contributed by atoms with E-state index in [-0.39, 0.29) is 0 Å². The van der Waals surface area contributed by atoms with Crippen LogP contribution in [0.15, 0.2) is 18.7 Å². The Morgan fingerprint density at radius 1 is 1.38 bits per heavy atom. The lowest BCUT2D eigenvalue weighted by Gasteiger charge is -2.16. The molecule has 0 saturated carbocycles. The smallest absolute Gasteiger partial charge is 0.323 e. The van der Waals surface area contributed by atoms with Gasteiger partial charge in [-0.05, 0) is 0 Å². The fourth-order valence-electron chi connectivity index (χ4n) is 1.01. The molecule has 0 aliphatic rings. The molecule has 1 heterocycles. The highest BCUT2D eigenvalue weighted by Gasteiger charge is 2.55. The molecular weight excluding hydrogens is 262 g/mol. The summed E-state index contributed by atoms with van der Waals surface area (Å²) in [4.78, 5) is 58.7. The molecule has 0 amide bonds. The van der Waals surface area contributed by atoms with Gasteiger partial charge in [0.05, 0.1) is 6.33 Å². The van der Waals surface area contributed by atoms with Crippen molar-refractivity contribution in [3.05, 3.63) is 18.7 Å². The maximum Gasteiger partial charge on any atom is 0.481 e. The van der Waals surface area contributed by atoms with Crippen LogP contribution >= 0.6 is 15.5 Å². The normalized spacial score (nSPS) is 14.8. The van der Waals surface area contributed by atoms with Gasteiger partial charge >= 0.3 is 21.1 Å². The van der Waals surface area contributed by atoms with Crippen molar-refractivity contribution in [1.29, 1.82) is 0 Å². The van der Waals surface area contributed by atoms with Crippen molar-refractivity contribution in [1.82, 2.24) is 9.55 Å². The van der Waals surface area contributed by atoms with Crippen LogP contribution in [-0.2, 0) is 9.36 Å². The van der Waals surface area contributed by atoms with Crippen LogP contribution in [0.3, 0.4) is 0 Å². The van der Waals surface area contributed by atoms with Gasteiger partial charge in [0.1, 0.15) is 0 Å². The molecule has 90 valence electrons. The predicted octanol–water partition coefficient (Wildman–Crippen LogP) is -1.17. The number of hydrogen-bond acceptors (Lipinski definition) is 6. The number of carbonyl (C=O) groups is 1. The summed E-state index contributed by atoms with van der Waals surface area (Å²) in [6, 6.07) is 0. The summed E-state index contributed by atoms with van der Waals surface area (Å²) in [5.74, 6) is -2.19. The lowest BCUT2D eigenvalue weighted by atomic mass is 10.7. The molecule has 16 heavy (non-hydrogen) atoms. The van der Waals surface area contributed by atoms with Crippen LogP contribution in [0.4, 0.5) is 0 Å². The molecule has 0 aliphatic heterocycles. The van der Waals surface area contributed by atoms with Crippen LogP contribution < -0.4 is 0 Å². The maximum absolute atomic E-state index is 11.3. The van der Waals surface area contributed by atoms with E-state index in [2.05, 4.69) is 4.98 Å². The Balaban J connectivity index is 3.19. The van der Waals surface area contributed by atoms with Crippen molar-refractivity contribution in [2.24, 2.45) is 0 Å². The van der Waals surface area contributed by atoms with Crippen molar-refractivity contribution in [3.8, 4) is 0 Å². The molecule has 11 heteroatoms. The minimum Gasteiger partial charge on any atom is -0.323 e. The molecule has 1 atom stereocenters. The monoisotopic (exact) mass is 271 g/mol. The fraction of sp³-hybridized carbons (Fsp3) is 0.200. The van der Waals surface area contributed by atoms with E-state index in [0.29, 0.717) is 4.57 Å². The summed E-state index contributed by atoms with van der Waals surface area (Å²) in [6.07, 6.45) is 3.11. The van der Waals surface area contributed by atoms with E-state index in [0.717, 1.165) is 18.7 Å². The van der Waals surface area contributed by atoms with Crippen LogP contribution in [0.1, 0.15) is 5.78 Å². The van der Waals surface area contributed by atoms with Crippen molar-refractivity contribution in [3.63, 3.8) is 0 Å². The third-order valence-electron chi connectivity index (χ3n) is 1.64. The molecule has 1 aromatic heterocycles. The third-order valence-corrected chi connectivity index (χ3v) is 3.82. The van der Waals surface area contributed by atoms with Gasteiger partial charge in [-0.3, -0.25) is 4.57 Å². The Hall–Kier alpha value is -0.660. The molecule has 5 N–H and O–H groups in total. The fourth-order valence-corrected chi connectivity index (χ4v) is 3.15. The van der Waals surface area contributed by atoms with Crippen molar-refractivity contribution >= 4 is 21.1 Å². The quantitative estimate of drug-likeness (QED) is 0.429. The van der Waals surface area contributed by atoms with Crippen LogP contribution in [0.25, 0.3) is 0 Å². The average Bonchev–Trinajstić information content (AvgIpc) is 2.52. The highest BCUT2D eigenvalue weighted by atomic mass is 31.2. The van der Waals surface area contributed by atoms with Crippen molar-refractivity contribution in [2.75, 3.05) is 0 Å². The Kier molecular flexibility index (Phi) is 3.61. The Morgan fingerprint density at radius 3 is 2.25 bits per heavy atom. The highest BCUT2D eigenvalue weighted by Crippen LogP contribution is 2.59. The topological polar surface area (TPSA) is 153 Å². The molecule has 0 fully saturated rings. The number of aromatic nitrogens is 2. The van der Waals surface area contributed by atoms with Crippen LogP contribution in [0.5, 0.6) is 0 Å². The average molecular weight is 271 g/mol. The lowest BCUT2D eigenvalue weighted by Crippen LogP contribution is -2.21. The molecule has 0 spiro atoms. The first kappa shape index (κ1) is 13.4. The van der Waals surface area contributed by atoms with E-state index in [1.165, 1.54) is 0 Å². The number of nitrogens with zero attached hydrogens (tertiary/aromatic N) is 2.